The lowest BCUT2D eigenvalue weighted by molar-refractivity contribution is -0.0498. The normalized spacial score (nSPS) is 14.6. The smallest absolute Gasteiger partial charge is 0.387 e. The van der Waals surface area contributed by atoms with E-state index in [0.29, 0.717) is 18.8 Å². The van der Waals surface area contributed by atoms with Crippen LogP contribution in [0, 0.1) is 0 Å². The van der Waals surface area contributed by atoms with E-state index in [2.05, 4.69) is 19.8 Å². The van der Waals surface area contributed by atoms with Crippen molar-refractivity contribution in [2.24, 2.45) is 4.99 Å². The van der Waals surface area contributed by atoms with E-state index in [1.807, 2.05) is 0 Å². The van der Waals surface area contributed by atoms with Gasteiger partial charge in [0.05, 0.1) is 4.90 Å². The Labute approximate surface area is 173 Å². The summed E-state index contributed by atoms with van der Waals surface area (Å²) < 4.78 is 56.5. The van der Waals surface area contributed by atoms with E-state index in [1.165, 1.54) is 42.5 Å². The van der Waals surface area contributed by atoms with Crippen molar-refractivity contribution in [3.63, 3.8) is 0 Å². The number of benzene rings is 2. The number of carbonyl (C=O) groups excluding carboxylic acids is 1. The summed E-state index contributed by atoms with van der Waals surface area (Å²) in [5.74, 6) is -0.149. The van der Waals surface area contributed by atoms with Crippen LogP contribution in [0.15, 0.2) is 58.4 Å². The minimum Gasteiger partial charge on any atom is -0.435 e. The molecule has 3 rings (SSSR count). The lowest BCUT2D eigenvalue weighted by atomic mass is 10.2. The quantitative estimate of drug-likeness (QED) is 0.719. The number of alkyl halides is 2. The average molecular weight is 437 g/mol. The summed E-state index contributed by atoms with van der Waals surface area (Å²) in [6.45, 7) is -2.36. The van der Waals surface area contributed by atoms with Crippen molar-refractivity contribution >= 4 is 27.5 Å². The van der Waals surface area contributed by atoms with Crippen LogP contribution in [0.1, 0.15) is 36.0 Å². The number of hydrogen-bond acceptors (Lipinski definition) is 5. The van der Waals surface area contributed by atoms with Crippen LogP contribution in [-0.4, -0.2) is 33.3 Å². The summed E-state index contributed by atoms with van der Waals surface area (Å²) >= 11 is 0. The van der Waals surface area contributed by atoms with Crippen LogP contribution in [0.3, 0.4) is 0 Å². The van der Waals surface area contributed by atoms with Gasteiger partial charge in [-0.2, -0.15) is 8.78 Å². The van der Waals surface area contributed by atoms with E-state index in [9.17, 15) is 22.0 Å². The highest BCUT2D eigenvalue weighted by atomic mass is 32.2. The topological polar surface area (TPSA) is 96.9 Å². The molecule has 1 heterocycles. The Balaban J connectivity index is 1.70. The molecule has 0 fully saturated rings. The fraction of sp³-hybridized carbons (Fsp3) is 0.300. The van der Waals surface area contributed by atoms with Gasteiger partial charge in [0.25, 0.3) is 15.9 Å². The monoisotopic (exact) mass is 437 g/mol. The van der Waals surface area contributed by atoms with Crippen LogP contribution in [-0.2, 0) is 10.0 Å². The molecule has 30 heavy (non-hydrogen) atoms. The maximum atomic E-state index is 12.7. The van der Waals surface area contributed by atoms with Crippen molar-refractivity contribution < 1.29 is 26.7 Å². The number of aliphatic imine (C=N–C) groups is 1. The van der Waals surface area contributed by atoms with Crippen LogP contribution >= 0.6 is 0 Å². The summed E-state index contributed by atoms with van der Waals surface area (Å²) in [6, 6.07) is 11.0. The Bertz CT molecular complexity index is 1020. The zero-order valence-electron chi connectivity index (χ0n) is 16.0. The van der Waals surface area contributed by atoms with Crippen LogP contribution in [0.2, 0.25) is 0 Å². The largest absolute Gasteiger partial charge is 0.435 e. The summed E-state index contributed by atoms with van der Waals surface area (Å²) in [4.78, 5) is 16.6. The second-order valence-electron chi connectivity index (χ2n) is 6.63. The second-order valence-corrected chi connectivity index (χ2v) is 8.31. The molecule has 0 unspecified atom stereocenters. The number of hydrogen-bond donors (Lipinski definition) is 2. The molecule has 0 bridgehead atoms. The summed E-state index contributed by atoms with van der Waals surface area (Å²) in [7, 11) is -3.84. The summed E-state index contributed by atoms with van der Waals surface area (Å²) in [5.41, 5.74) is 0.481. The molecule has 2 aromatic rings. The van der Waals surface area contributed by atoms with E-state index in [0.717, 1.165) is 19.3 Å². The first-order valence-electron chi connectivity index (χ1n) is 9.36. The van der Waals surface area contributed by atoms with Gasteiger partial charge in [-0.25, -0.2) is 8.42 Å². The third kappa shape index (κ3) is 5.99. The van der Waals surface area contributed by atoms with Gasteiger partial charge in [-0.15, -0.1) is 0 Å². The van der Waals surface area contributed by atoms with Gasteiger partial charge < -0.3 is 10.1 Å². The van der Waals surface area contributed by atoms with Crippen molar-refractivity contribution in [2.45, 2.75) is 37.2 Å². The number of nitrogens with zero attached hydrogens (tertiary/aromatic N) is 1. The predicted octanol–water partition coefficient (Wildman–Crippen LogP) is 3.79. The van der Waals surface area contributed by atoms with Gasteiger partial charge in [0.15, 0.2) is 0 Å². The first-order valence-corrected chi connectivity index (χ1v) is 10.8. The highest BCUT2D eigenvalue weighted by Gasteiger charge is 2.18. The number of carbonyl (C=O) groups is 1. The molecule has 0 atom stereocenters. The molecule has 0 saturated carbocycles. The Morgan fingerprint density at radius 2 is 1.83 bits per heavy atom. The van der Waals surface area contributed by atoms with Crippen LogP contribution in [0.25, 0.3) is 0 Å². The van der Waals surface area contributed by atoms with Crippen molar-refractivity contribution in [3.05, 3.63) is 54.1 Å². The van der Waals surface area contributed by atoms with Crippen LogP contribution in [0.4, 0.5) is 14.5 Å². The maximum absolute atomic E-state index is 12.7. The highest BCUT2D eigenvalue weighted by molar-refractivity contribution is 7.90. The average Bonchev–Trinajstić information content (AvgIpc) is 2.96. The van der Waals surface area contributed by atoms with Gasteiger partial charge in [-0.05, 0) is 55.3 Å². The third-order valence-corrected chi connectivity index (χ3v) is 5.75. The van der Waals surface area contributed by atoms with Gasteiger partial charge in [-0.3, -0.25) is 14.5 Å². The number of amidine groups is 1. The van der Waals surface area contributed by atoms with Crippen molar-refractivity contribution in [3.8, 4) is 5.75 Å². The molecule has 1 aliphatic rings. The molecule has 2 aromatic carbocycles. The van der Waals surface area contributed by atoms with Gasteiger partial charge in [0.1, 0.15) is 11.6 Å². The summed E-state index contributed by atoms with van der Waals surface area (Å²) in [5, 5.41) is 2.59. The van der Waals surface area contributed by atoms with Gasteiger partial charge >= 0.3 is 6.61 Å². The zero-order chi connectivity index (χ0) is 21.6. The van der Waals surface area contributed by atoms with E-state index >= 15 is 0 Å². The molecule has 1 aliphatic heterocycles. The van der Waals surface area contributed by atoms with Crippen LogP contribution < -0.4 is 14.8 Å². The first kappa shape index (κ1) is 21.7. The van der Waals surface area contributed by atoms with E-state index in [1.54, 1.807) is 6.07 Å². The van der Waals surface area contributed by atoms with E-state index < -0.39 is 22.5 Å². The molecule has 0 saturated heterocycles. The lowest BCUT2D eigenvalue weighted by Crippen LogP contribution is -2.30. The van der Waals surface area contributed by atoms with Crippen molar-refractivity contribution in [1.82, 2.24) is 4.72 Å². The molecule has 7 nitrogen and oxygen atoms in total. The molecule has 10 heteroatoms. The van der Waals surface area contributed by atoms with Gasteiger partial charge in [-0.1, -0.05) is 12.5 Å². The minimum atomic E-state index is -3.84. The first-order chi connectivity index (χ1) is 14.3. The Kier molecular flexibility index (Phi) is 6.99. The Hall–Kier alpha value is -3.01. The zero-order valence-corrected chi connectivity index (χ0v) is 16.8. The fourth-order valence-corrected chi connectivity index (χ4v) is 4.04. The third-order valence-electron chi connectivity index (χ3n) is 4.37. The maximum Gasteiger partial charge on any atom is 0.387 e. The number of sulfonamides is 1. The molecule has 0 aromatic heterocycles. The number of nitrogens with one attached hydrogen (secondary N) is 2. The number of amides is 1. The van der Waals surface area contributed by atoms with E-state index in [4.69, 9.17) is 0 Å². The minimum absolute atomic E-state index is 0.00655. The number of ether oxygens (including phenoxy) is 1. The van der Waals surface area contributed by atoms with E-state index in [-0.39, 0.29) is 21.9 Å². The molecular weight excluding hydrogens is 416 g/mol. The molecule has 1 amide bonds. The highest BCUT2D eigenvalue weighted by Crippen LogP contribution is 2.19. The number of anilines is 1. The standard InChI is InChI=1S/C20H21F2N3O4S/c21-20(22)29-16-10-8-14(9-11-16)19(26)24-15-5-4-6-17(13-15)30(27,28)25-18-7-2-1-3-12-23-18/h4-6,8-11,13,20H,1-3,7,12H2,(H,23,25)(H,24,26). The molecule has 0 radical (unpaired) electrons. The molecular formula is C20H21F2N3O4S. The predicted molar refractivity (Wildman–Crippen MR) is 109 cm³/mol. The molecule has 2 N–H and O–H groups in total. The fourth-order valence-electron chi connectivity index (χ4n) is 2.90. The van der Waals surface area contributed by atoms with Crippen molar-refractivity contribution in [2.75, 3.05) is 11.9 Å². The Morgan fingerprint density at radius 1 is 1.07 bits per heavy atom. The molecule has 0 aliphatic carbocycles. The van der Waals surface area contributed by atoms with Gasteiger partial charge in [0.2, 0.25) is 0 Å². The second kappa shape index (κ2) is 9.66. The molecule has 160 valence electrons. The van der Waals surface area contributed by atoms with Crippen molar-refractivity contribution in [1.29, 1.82) is 0 Å². The Morgan fingerprint density at radius 3 is 2.57 bits per heavy atom. The molecule has 0 spiro atoms. The summed E-state index contributed by atoms with van der Waals surface area (Å²) in [6.07, 6.45) is 3.38. The van der Waals surface area contributed by atoms with Gasteiger partial charge in [0, 0.05) is 24.2 Å². The SMILES string of the molecule is O=C(Nc1cccc(S(=O)(=O)NC2=NCCCCC2)c1)c1ccc(OC(F)F)cc1. The number of halogens is 2. The lowest BCUT2D eigenvalue weighted by Gasteiger charge is -2.11. The number of rotatable bonds is 6. The van der Waals surface area contributed by atoms with Crippen LogP contribution in [0.5, 0.6) is 5.75 Å².